The lowest BCUT2D eigenvalue weighted by atomic mass is 9.98. The Morgan fingerprint density at radius 3 is 2.65 bits per heavy atom. The summed E-state index contributed by atoms with van der Waals surface area (Å²) in [7, 11) is 0. The summed E-state index contributed by atoms with van der Waals surface area (Å²) < 4.78 is 18.9. The second-order valence-electron chi connectivity index (χ2n) is 6.28. The number of hydrogen-bond acceptors (Lipinski definition) is 4. The average Bonchev–Trinajstić information content (AvgIpc) is 3.14. The van der Waals surface area contributed by atoms with Gasteiger partial charge < -0.3 is 10.1 Å². The van der Waals surface area contributed by atoms with Gasteiger partial charge in [0, 0.05) is 12.2 Å². The number of amides is 1. The predicted molar refractivity (Wildman–Crippen MR) is 93.4 cm³/mol. The molecule has 0 aromatic heterocycles. The molecular weight excluding hydrogens is 339 g/mol. The van der Waals surface area contributed by atoms with Gasteiger partial charge in [-0.2, -0.15) is 0 Å². The van der Waals surface area contributed by atoms with Gasteiger partial charge in [-0.15, -0.1) is 0 Å². The van der Waals surface area contributed by atoms with Crippen molar-refractivity contribution in [1.29, 1.82) is 0 Å². The standard InChI is InChI=1S/C19H19FN2O4/c1-12-4-2-5-15(18(12)22(24)25)19(23)21-17(16-6-3-11-26-16)13-7-9-14(20)10-8-13/h2,4-5,7-10,16-17H,3,6,11H2,1H3,(H,21,23)/t16-,17-/m0/s1. The number of benzene rings is 2. The minimum absolute atomic E-state index is 0.000101. The number of para-hydroxylation sites is 1. The van der Waals surface area contributed by atoms with Crippen LogP contribution in [-0.4, -0.2) is 23.5 Å². The van der Waals surface area contributed by atoms with Crippen LogP contribution in [0.15, 0.2) is 42.5 Å². The van der Waals surface area contributed by atoms with Crippen molar-refractivity contribution in [1.82, 2.24) is 5.32 Å². The molecule has 0 bridgehead atoms. The van der Waals surface area contributed by atoms with Crippen molar-refractivity contribution in [3.63, 3.8) is 0 Å². The van der Waals surface area contributed by atoms with Crippen molar-refractivity contribution in [3.8, 4) is 0 Å². The Kier molecular flexibility index (Phi) is 5.27. The highest BCUT2D eigenvalue weighted by Gasteiger charge is 2.31. The van der Waals surface area contributed by atoms with Crippen molar-refractivity contribution in [2.75, 3.05) is 6.61 Å². The summed E-state index contributed by atoms with van der Waals surface area (Å²) in [5, 5.41) is 14.2. The lowest BCUT2D eigenvalue weighted by Crippen LogP contribution is -2.36. The zero-order chi connectivity index (χ0) is 18.7. The number of hydrogen-bond donors (Lipinski definition) is 1. The summed E-state index contributed by atoms with van der Waals surface area (Å²) in [6.45, 7) is 2.18. The summed E-state index contributed by atoms with van der Waals surface area (Å²) in [5.41, 5.74) is 0.898. The first kappa shape index (κ1) is 18.0. The van der Waals surface area contributed by atoms with Gasteiger partial charge >= 0.3 is 0 Å². The normalized spacial score (nSPS) is 17.7. The largest absolute Gasteiger partial charge is 0.376 e. The van der Waals surface area contributed by atoms with Crippen LogP contribution in [0.3, 0.4) is 0 Å². The molecule has 26 heavy (non-hydrogen) atoms. The van der Waals surface area contributed by atoms with Crippen LogP contribution in [0.2, 0.25) is 0 Å². The van der Waals surface area contributed by atoms with Crippen LogP contribution in [0.4, 0.5) is 10.1 Å². The zero-order valence-electron chi connectivity index (χ0n) is 14.3. The highest BCUT2D eigenvalue weighted by Crippen LogP contribution is 2.29. The molecule has 2 atom stereocenters. The van der Waals surface area contributed by atoms with Crippen molar-refractivity contribution >= 4 is 11.6 Å². The van der Waals surface area contributed by atoms with Gasteiger partial charge in [-0.25, -0.2) is 4.39 Å². The van der Waals surface area contributed by atoms with Crippen LogP contribution in [0.25, 0.3) is 0 Å². The molecule has 3 rings (SSSR count). The monoisotopic (exact) mass is 358 g/mol. The van der Waals surface area contributed by atoms with Crippen LogP contribution in [0, 0.1) is 22.9 Å². The van der Waals surface area contributed by atoms with Gasteiger partial charge in [0.2, 0.25) is 0 Å². The zero-order valence-corrected chi connectivity index (χ0v) is 14.3. The first-order chi connectivity index (χ1) is 12.5. The Morgan fingerprint density at radius 1 is 1.31 bits per heavy atom. The molecule has 0 unspecified atom stereocenters. The summed E-state index contributed by atoms with van der Waals surface area (Å²) in [5.74, 6) is -0.925. The third-order valence-corrected chi connectivity index (χ3v) is 4.52. The van der Waals surface area contributed by atoms with Gasteiger partial charge in [0.15, 0.2) is 0 Å². The van der Waals surface area contributed by atoms with E-state index in [1.165, 1.54) is 18.2 Å². The number of ether oxygens (including phenoxy) is 1. The Balaban J connectivity index is 1.92. The van der Waals surface area contributed by atoms with E-state index in [1.807, 2.05) is 0 Å². The van der Waals surface area contributed by atoms with E-state index in [9.17, 15) is 19.3 Å². The van der Waals surface area contributed by atoms with Crippen LogP contribution >= 0.6 is 0 Å². The molecule has 0 aliphatic carbocycles. The minimum Gasteiger partial charge on any atom is -0.376 e. The van der Waals surface area contributed by atoms with Gasteiger partial charge in [-0.05, 0) is 43.5 Å². The molecule has 1 fully saturated rings. The molecule has 1 heterocycles. The number of carbonyl (C=O) groups is 1. The molecule has 6 nitrogen and oxygen atoms in total. The van der Waals surface area contributed by atoms with Gasteiger partial charge in [0.25, 0.3) is 11.6 Å². The number of aryl methyl sites for hydroxylation is 1. The first-order valence-corrected chi connectivity index (χ1v) is 8.39. The quantitative estimate of drug-likeness (QED) is 0.653. The Labute approximate surface area is 150 Å². The lowest BCUT2D eigenvalue weighted by molar-refractivity contribution is -0.385. The molecule has 2 aromatic rings. The SMILES string of the molecule is Cc1cccc(C(=O)N[C@@H](c2ccc(F)cc2)[C@@H]2CCCO2)c1[N+](=O)[O-]. The molecule has 0 radical (unpaired) electrons. The smallest absolute Gasteiger partial charge is 0.285 e. The van der Waals surface area contributed by atoms with Crippen LogP contribution in [0.1, 0.15) is 40.4 Å². The van der Waals surface area contributed by atoms with Crippen LogP contribution in [0.5, 0.6) is 0 Å². The highest BCUT2D eigenvalue weighted by molar-refractivity contribution is 5.98. The van der Waals surface area contributed by atoms with Crippen molar-refractivity contribution < 1.29 is 18.8 Å². The van der Waals surface area contributed by atoms with Crippen molar-refractivity contribution in [2.24, 2.45) is 0 Å². The molecule has 2 aromatic carbocycles. The van der Waals surface area contributed by atoms with E-state index in [-0.39, 0.29) is 23.2 Å². The second-order valence-corrected chi connectivity index (χ2v) is 6.28. The molecule has 1 N–H and O–H groups in total. The number of rotatable bonds is 5. The molecule has 7 heteroatoms. The predicted octanol–water partition coefficient (Wildman–Crippen LogP) is 3.69. The fourth-order valence-corrected chi connectivity index (χ4v) is 3.23. The Hall–Kier alpha value is -2.80. The minimum atomic E-state index is -0.552. The van der Waals surface area contributed by atoms with Crippen molar-refractivity contribution in [2.45, 2.75) is 31.9 Å². The van der Waals surface area contributed by atoms with Crippen LogP contribution in [-0.2, 0) is 4.74 Å². The van der Waals surface area contributed by atoms with E-state index in [1.54, 1.807) is 31.2 Å². The Morgan fingerprint density at radius 2 is 2.04 bits per heavy atom. The van der Waals surface area contributed by atoms with E-state index in [0.29, 0.717) is 17.7 Å². The van der Waals surface area contributed by atoms with Crippen LogP contribution < -0.4 is 5.32 Å². The summed E-state index contributed by atoms with van der Waals surface area (Å²) in [6, 6.07) is 9.93. The van der Waals surface area contributed by atoms with Crippen molar-refractivity contribution in [3.05, 3.63) is 75.1 Å². The number of nitrogens with one attached hydrogen (secondary N) is 1. The van der Waals surface area contributed by atoms with E-state index in [2.05, 4.69) is 5.32 Å². The molecule has 1 amide bonds. The van der Waals surface area contributed by atoms with E-state index >= 15 is 0 Å². The summed E-state index contributed by atoms with van der Waals surface area (Å²) in [4.78, 5) is 23.6. The highest BCUT2D eigenvalue weighted by atomic mass is 19.1. The molecular formula is C19H19FN2O4. The number of carbonyl (C=O) groups excluding carboxylic acids is 1. The van der Waals surface area contributed by atoms with E-state index in [4.69, 9.17) is 4.74 Å². The third kappa shape index (κ3) is 3.72. The molecule has 1 aliphatic heterocycles. The molecule has 0 saturated carbocycles. The molecule has 1 saturated heterocycles. The third-order valence-electron chi connectivity index (χ3n) is 4.52. The molecule has 136 valence electrons. The maximum Gasteiger partial charge on any atom is 0.285 e. The van der Waals surface area contributed by atoms with E-state index < -0.39 is 16.9 Å². The second kappa shape index (κ2) is 7.61. The number of nitrogens with zero attached hydrogens (tertiary/aromatic N) is 1. The fraction of sp³-hybridized carbons (Fsp3) is 0.316. The van der Waals surface area contributed by atoms with Gasteiger partial charge in [-0.3, -0.25) is 14.9 Å². The van der Waals surface area contributed by atoms with Gasteiger partial charge in [0.1, 0.15) is 11.4 Å². The maximum absolute atomic E-state index is 13.2. The topological polar surface area (TPSA) is 81.5 Å². The fourth-order valence-electron chi connectivity index (χ4n) is 3.23. The lowest BCUT2D eigenvalue weighted by Gasteiger charge is -2.25. The molecule has 1 aliphatic rings. The van der Waals surface area contributed by atoms with Gasteiger partial charge in [-0.1, -0.05) is 24.3 Å². The molecule has 0 spiro atoms. The van der Waals surface area contributed by atoms with E-state index in [0.717, 1.165) is 12.8 Å². The summed E-state index contributed by atoms with van der Waals surface area (Å²) >= 11 is 0. The number of nitro benzene ring substituents is 1. The number of nitro groups is 1. The number of halogens is 1. The van der Waals surface area contributed by atoms with Gasteiger partial charge in [0.05, 0.1) is 17.1 Å². The Bertz CT molecular complexity index is 817. The maximum atomic E-state index is 13.2. The average molecular weight is 358 g/mol. The summed E-state index contributed by atoms with van der Waals surface area (Å²) in [6.07, 6.45) is 1.36. The first-order valence-electron chi connectivity index (χ1n) is 8.39.